The Morgan fingerprint density at radius 3 is 2.55 bits per heavy atom. The number of nitrogens with two attached hydrogens (primary N) is 1. The summed E-state index contributed by atoms with van der Waals surface area (Å²) >= 11 is 1.47. The van der Waals surface area contributed by atoms with Gasteiger partial charge in [-0.3, -0.25) is 0 Å². The molecule has 20 heavy (non-hydrogen) atoms. The molecule has 0 saturated carbocycles. The van der Waals surface area contributed by atoms with E-state index < -0.39 is 12.0 Å². The first-order chi connectivity index (χ1) is 9.40. The summed E-state index contributed by atoms with van der Waals surface area (Å²) in [6.45, 7) is 0. The number of hydrogen-bond acceptors (Lipinski definition) is 5. The third-order valence-electron chi connectivity index (χ3n) is 2.37. The molecule has 0 unspecified atom stereocenters. The van der Waals surface area contributed by atoms with Crippen molar-refractivity contribution in [2.24, 2.45) is 0 Å². The highest BCUT2D eigenvalue weighted by Crippen LogP contribution is 2.30. The van der Waals surface area contributed by atoms with Gasteiger partial charge in [0.05, 0.1) is 5.69 Å². The summed E-state index contributed by atoms with van der Waals surface area (Å²) in [4.78, 5) is 7.51. The maximum Gasteiger partial charge on any atom is 0.451 e. The number of benzene rings is 1. The summed E-state index contributed by atoms with van der Waals surface area (Å²) in [5.74, 6) is -1.50. The van der Waals surface area contributed by atoms with Crippen LogP contribution >= 0.6 is 11.8 Å². The number of rotatable bonds is 3. The molecule has 0 atom stereocenters. The second-order valence-corrected chi connectivity index (χ2v) is 4.67. The minimum Gasteiger partial charge on any atom is -0.384 e. The average molecular weight is 300 g/mol. The van der Waals surface area contributed by atoms with Crippen molar-refractivity contribution in [3.8, 4) is 0 Å². The van der Waals surface area contributed by atoms with Crippen molar-refractivity contribution < 1.29 is 13.2 Å². The fourth-order valence-electron chi connectivity index (χ4n) is 1.54. The zero-order valence-corrected chi connectivity index (χ0v) is 11.2. The first-order valence-corrected chi connectivity index (χ1v) is 6.74. The van der Waals surface area contributed by atoms with Crippen molar-refractivity contribution in [3.05, 3.63) is 36.2 Å². The van der Waals surface area contributed by atoms with Crippen LogP contribution in [0.2, 0.25) is 0 Å². The molecule has 8 heteroatoms. The fraction of sp³-hybridized carbons (Fsp3) is 0.167. The van der Waals surface area contributed by atoms with Crippen LogP contribution in [0.1, 0.15) is 5.82 Å². The lowest BCUT2D eigenvalue weighted by atomic mass is 10.3. The van der Waals surface area contributed by atoms with E-state index >= 15 is 0 Å². The van der Waals surface area contributed by atoms with E-state index in [1.165, 1.54) is 17.8 Å². The Labute approximate surface area is 117 Å². The average Bonchev–Trinajstić information content (AvgIpc) is 2.37. The van der Waals surface area contributed by atoms with Crippen molar-refractivity contribution in [1.29, 1.82) is 0 Å². The van der Waals surface area contributed by atoms with Crippen molar-refractivity contribution in [2.75, 3.05) is 17.3 Å². The van der Waals surface area contributed by atoms with Crippen LogP contribution in [-0.2, 0) is 6.18 Å². The molecule has 0 fully saturated rings. The first-order valence-electron chi connectivity index (χ1n) is 5.52. The van der Waals surface area contributed by atoms with Crippen LogP contribution in [0, 0.1) is 0 Å². The second kappa shape index (κ2) is 5.58. The van der Waals surface area contributed by atoms with E-state index in [1.807, 2.05) is 18.4 Å². The molecular formula is C12H11F3N4S. The molecule has 0 amide bonds. The van der Waals surface area contributed by atoms with Crippen LogP contribution in [0.25, 0.3) is 0 Å². The van der Waals surface area contributed by atoms with E-state index in [4.69, 9.17) is 5.73 Å². The van der Waals surface area contributed by atoms with E-state index in [0.29, 0.717) is 5.69 Å². The fourth-order valence-corrected chi connectivity index (χ4v) is 2.10. The van der Waals surface area contributed by atoms with Gasteiger partial charge < -0.3 is 11.1 Å². The Morgan fingerprint density at radius 1 is 1.20 bits per heavy atom. The molecule has 0 radical (unpaired) electrons. The van der Waals surface area contributed by atoms with Gasteiger partial charge in [0, 0.05) is 11.0 Å². The Kier molecular flexibility index (Phi) is 4.03. The number of thioether (sulfide) groups is 1. The minimum atomic E-state index is -4.63. The molecule has 0 aliphatic rings. The predicted octanol–water partition coefficient (Wildman–Crippen LogP) is 3.54. The molecule has 0 saturated heterocycles. The Balaban J connectivity index is 2.36. The molecule has 1 heterocycles. The van der Waals surface area contributed by atoms with Crippen LogP contribution in [0.15, 0.2) is 35.2 Å². The number of nitrogens with one attached hydrogen (secondary N) is 1. The Hall–Kier alpha value is -1.96. The molecule has 0 spiro atoms. The topological polar surface area (TPSA) is 63.8 Å². The van der Waals surface area contributed by atoms with E-state index in [2.05, 4.69) is 15.3 Å². The second-order valence-electron chi connectivity index (χ2n) is 3.82. The van der Waals surface area contributed by atoms with Crippen LogP contribution < -0.4 is 11.1 Å². The molecule has 1 aromatic carbocycles. The maximum atomic E-state index is 12.6. The van der Waals surface area contributed by atoms with Gasteiger partial charge in [0.2, 0.25) is 5.82 Å². The van der Waals surface area contributed by atoms with Crippen LogP contribution in [0.4, 0.5) is 30.5 Å². The number of nitrogen functional groups attached to an aromatic ring is 1. The van der Waals surface area contributed by atoms with Crippen LogP contribution in [0.5, 0.6) is 0 Å². The van der Waals surface area contributed by atoms with Gasteiger partial charge in [0.15, 0.2) is 0 Å². The van der Waals surface area contributed by atoms with Gasteiger partial charge in [0.25, 0.3) is 0 Å². The van der Waals surface area contributed by atoms with Crippen molar-refractivity contribution in [3.63, 3.8) is 0 Å². The lowest BCUT2D eigenvalue weighted by molar-refractivity contribution is -0.144. The Bertz CT molecular complexity index is 616. The Morgan fingerprint density at radius 2 is 1.90 bits per heavy atom. The lowest BCUT2D eigenvalue weighted by Crippen LogP contribution is -2.13. The lowest BCUT2D eigenvalue weighted by Gasteiger charge is -2.12. The number of nitrogens with zero attached hydrogens (tertiary/aromatic N) is 2. The van der Waals surface area contributed by atoms with Crippen molar-refractivity contribution in [2.45, 2.75) is 11.1 Å². The van der Waals surface area contributed by atoms with Gasteiger partial charge in [-0.2, -0.15) is 13.2 Å². The van der Waals surface area contributed by atoms with Crippen LogP contribution in [0.3, 0.4) is 0 Å². The normalized spacial score (nSPS) is 11.4. The maximum absolute atomic E-state index is 12.6. The third kappa shape index (κ3) is 3.32. The van der Waals surface area contributed by atoms with Gasteiger partial charge in [-0.05, 0) is 18.4 Å². The highest BCUT2D eigenvalue weighted by atomic mass is 32.2. The summed E-state index contributed by atoms with van der Waals surface area (Å²) < 4.78 is 37.9. The van der Waals surface area contributed by atoms with Crippen LogP contribution in [-0.4, -0.2) is 16.2 Å². The van der Waals surface area contributed by atoms with Gasteiger partial charge in [-0.25, -0.2) is 9.97 Å². The number of para-hydroxylation sites is 1. The van der Waals surface area contributed by atoms with Gasteiger partial charge in [-0.1, -0.05) is 12.1 Å². The summed E-state index contributed by atoms with van der Waals surface area (Å²) in [5, 5.41) is 2.82. The monoisotopic (exact) mass is 300 g/mol. The molecule has 3 N–H and O–H groups in total. The van der Waals surface area contributed by atoms with Crippen molar-refractivity contribution in [1.82, 2.24) is 9.97 Å². The molecule has 0 aliphatic carbocycles. The number of alkyl halides is 3. The van der Waals surface area contributed by atoms with E-state index in [9.17, 15) is 13.2 Å². The SMILES string of the molecule is CSc1ccccc1Nc1cc(N)nc(C(F)(F)F)n1. The van der Waals surface area contributed by atoms with Crippen molar-refractivity contribution >= 4 is 29.1 Å². The van der Waals surface area contributed by atoms with Gasteiger partial charge >= 0.3 is 6.18 Å². The predicted molar refractivity (Wildman–Crippen MR) is 73.0 cm³/mol. The van der Waals surface area contributed by atoms with E-state index in [-0.39, 0.29) is 11.6 Å². The zero-order chi connectivity index (χ0) is 14.8. The summed E-state index contributed by atoms with van der Waals surface area (Å²) in [6.07, 6.45) is -2.76. The van der Waals surface area contributed by atoms with Gasteiger partial charge in [0.1, 0.15) is 11.6 Å². The molecule has 4 nitrogen and oxygen atoms in total. The zero-order valence-electron chi connectivity index (χ0n) is 10.4. The first kappa shape index (κ1) is 14.4. The smallest absolute Gasteiger partial charge is 0.384 e. The number of hydrogen-bond donors (Lipinski definition) is 2. The number of aromatic nitrogens is 2. The molecule has 2 rings (SSSR count). The molecule has 2 aromatic rings. The summed E-state index contributed by atoms with van der Waals surface area (Å²) in [5.41, 5.74) is 6.04. The standard InChI is InChI=1S/C12H11F3N4S/c1-20-8-5-3-2-4-7(8)17-10-6-9(16)18-11(19-10)12(13,14)15/h2-6H,1H3,(H3,16,17,18,19). The quantitative estimate of drug-likeness (QED) is 0.849. The highest BCUT2D eigenvalue weighted by Gasteiger charge is 2.35. The number of anilines is 3. The third-order valence-corrected chi connectivity index (χ3v) is 3.17. The molecule has 0 aliphatic heterocycles. The summed E-state index contributed by atoms with van der Waals surface area (Å²) in [7, 11) is 0. The van der Waals surface area contributed by atoms with Gasteiger partial charge in [-0.15, -0.1) is 11.8 Å². The minimum absolute atomic E-state index is 0.00586. The molecule has 106 valence electrons. The molecule has 1 aromatic heterocycles. The largest absolute Gasteiger partial charge is 0.451 e. The van der Waals surface area contributed by atoms with E-state index in [0.717, 1.165) is 4.90 Å². The van der Waals surface area contributed by atoms with E-state index in [1.54, 1.807) is 12.1 Å². The molecule has 0 bridgehead atoms. The molecular weight excluding hydrogens is 289 g/mol. The number of halogens is 3. The summed E-state index contributed by atoms with van der Waals surface area (Å²) in [6, 6.07) is 8.47. The highest BCUT2D eigenvalue weighted by molar-refractivity contribution is 7.98.